The molecule has 3 nitrogen and oxygen atoms in total. The van der Waals surface area contributed by atoms with E-state index in [1.54, 1.807) is 13.3 Å². The third kappa shape index (κ3) is 5.33. The fraction of sp³-hybridized carbons (Fsp3) is 0.588. The zero-order valence-electron chi connectivity index (χ0n) is 13.3. The summed E-state index contributed by atoms with van der Waals surface area (Å²) in [5, 5.41) is 0. The minimum absolute atomic E-state index is 0. The van der Waals surface area contributed by atoms with Crippen molar-refractivity contribution in [2.45, 2.75) is 32.1 Å². The van der Waals surface area contributed by atoms with Crippen molar-refractivity contribution < 1.29 is 4.74 Å². The molecule has 1 aromatic heterocycles. The van der Waals surface area contributed by atoms with Crippen molar-refractivity contribution in [3.8, 4) is 5.75 Å². The third-order valence-corrected chi connectivity index (χ3v) is 3.93. The fourth-order valence-electron chi connectivity index (χ4n) is 2.96. The Morgan fingerprint density at radius 3 is 2.76 bits per heavy atom. The molecule has 1 heterocycles. The molecular formula is C17H27ClN2O. The summed E-state index contributed by atoms with van der Waals surface area (Å²) >= 11 is 0. The second kappa shape index (κ2) is 9.06. The van der Waals surface area contributed by atoms with Gasteiger partial charge in [-0.3, -0.25) is 4.98 Å². The van der Waals surface area contributed by atoms with Gasteiger partial charge in [0, 0.05) is 12.7 Å². The predicted octanol–water partition coefficient (Wildman–Crippen LogP) is 4.04. The number of nitrogens with zero attached hydrogens (tertiary/aromatic N) is 2. The normalized spacial score (nSPS) is 21.7. The van der Waals surface area contributed by atoms with Crippen LogP contribution in [0.25, 0.3) is 5.57 Å². The topological polar surface area (TPSA) is 25.4 Å². The number of aromatic nitrogens is 1. The van der Waals surface area contributed by atoms with E-state index in [4.69, 9.17) is 4.74 Å². The lowest BCUT2D eigenvalue weighted by molar-refractivity contribution is 0.346. The van der Waals surface area contributed by atoms with Gasteiger partial charge in [-0.25, -0.2) is 0 Å². The number of hydrogen-bond acceptors (Lipinski definition) is 3. The zero-order chi connectivity index (χ0) is 14.4. The molecule has 0 saturated heterocycles. The molecule has 0 amide bonds. The zero-order valence-corrected chi connectivity index (χ0v) is 14.2. The summed E-state index contributed by atoms with van der Waals surface area (Å²) in [6.07, 6.45) is 12.6. The van der Waals surface area contributed by atoms with Crippen molar-refractivity contribution >= 4 is 18.0 Å². The van der Waals surface area contributed by atoms with E-state index in [2.05, 4.69) is 36.1 Å². The fourth-order valence-corrected chi connectivity index (χ4v) is 2.96. The Morgan fingerprint density at radius 2 is 2.05 bits per heavy atom. The second-order valence-corrected chi connectivity index (χ2v) is 5.87. The van der Waals surface area contributed by atoms with Crippen LogP contribution < -0.4 is 4.74 Å². The quantitative estimate of drug-likeness (QED) is 0.839. The summed E-state index contributed by atoms with van der Waals surface area (Å²) in [7, 11) is 6.00. The van der Waals surface area contributed by atoms with Gasteiger partial charge in [-0.1, -0.05) is 18.9 Å². The van der Waals surface area contributed by atoms with Gasteiger partial charge in [0.1, 0.15) is 5.75 Å². The molecular weight excluding hydrogens is 284 g/mol. The highest BCUT2D eigenvalue weighted by molar-refractivity contribution is 5.85. The van der Waals surface area contributed by atoms with Gasteiger partial charge < -0.3 is 9.64 Å². The van der Waals surface area contributed by atoms with Crippen molar-refractivity contribution in [1.82, 2.24) is 9.88 Å². The second-order valence-electron chi connectivity index (χ2n) is 5.87. The van der Waals surface area contributed by atoms with Gasteiger partial charge in [-0.2, -0.15) is 0 Å². The van der Waals surface area contributed by atoms with E-state index in [0.717, 1.165) is 12.3 Å². The van der Waals surface area contributed by atoms with E-state index >= 15 is 0 Å². The summed E-state index contributed by atoms with van der Waals surface area (Å²) in [6, 6.07) is 2.11. The van der Waals surface area contributed by atoms with Crippen molar-refractivity contribution in [3.63, 3.8) is 0 Å². The molecule has 1 aliphatic carbocycles. The van der Waals surface area contributed by atoms with Crippen LogP contribution in [0.5, 0.6) is 5.75 Å². The van der Waals surface area contributed by atoms with Gasteiger partial charge in [-0.15, -0.1) is 12.4 Å². The van der Waals surface area contributed by atoms with E-state index in [9.17, 15) is 0 Å². The van der Waals surface area contributed by atoms with Gasteiger partial charge in [0.25, 0.3) is 0 Å². The summed E-state index contributed by atoms with van der Waals surface area (Å²) in [6.45, 7) is 1.10. The molecule has 2 rings (SSSR count). The maximum atomic E-state index is 5.32. The predicted molar refractivity (Wildman–Crippen MR) is 91.1 cm³/mol. The Labute approximate surface area is 134 Å². The van der Waals surface area contributed by atoms with Gasteiger partial charge in [0.05, 0.1) is 13.3 Å². The first-order valence-electron chi connectivity index (χ1n) is 7.55. The number of allylic oxidation sites excluding steroid dienone is 1. The van der Waals surface area contributed by atoms with Crippen LogP contribution in [0.15, 0.2) is 24.5 Å². The summed E-state index contributed by atoms with van der Waals surface area (Å²) in [5.74, 6) is 1.44. The molecule has 21 heavy (non-hydrogen) atoms. The van der Waals surface area contributed by atoms with Crippen molar-refractivity contribution in [2.75, 3.05) is 27.7 Å². The Bertz CT molecular complexity index is 460. The van der Waals surface area contributed by atoms with E-state index in [1.165, 1.54) is 43.2 Å². The monoisotopic (exact) mass is 310 g/mol. The highest BCUT2D eigenvalue weighted by atomic mass is 35.5. The first-order valence-corrected chi connectivity index (χ1v) is 7.55. The molecule has 0 bridgehead atoms. The van der Waals surface area contributed by atoms with Gasteiger partial charge in [0.15, 0.2) is 0 Å². The molecule has 0 spiro atoms. The molecule has 118 valence electrons. The number of halogens is 1. The third-order valence-electron chi connectivity index (χ3n) is 3.93. The molecule has 0 aromatic carbocycles. The van der Waals surface area contributed by atoms with Gasteiger partial charge in [-0.05, 0) is 56.5 Å². The summed E-state index contributed by atoms with van der Waals surface area (Å²) in [5.41, 5.74) is 2.67. The van der Waals surface area contributed by atoms with Crippen molar-refractivity contribution in [3.05, 3.63) is 30.1 Å². The lowest BCUT2D eigenvalue weighted by atomic mass is 9.85. The van der Waals surface area contributed by atoms with Crippen LogP contribution in [0, 0.1) is 5.92 Å². The minimum atomic E-state index is 0. The maximum Gasteiger partial charge on any atom is 0.137 e. The van der Waals surface area contributed by atoms with Crippen LogP contribution in [0.2, 0.25) is 0 Å². The summed E-state index contributed by atoms with van der Waals surface area (Å²) < 4.78 is 5.32. The number of hydrogen-bond donors (Lipinski definition) is 0. The lowest BCUT2D eigenvalue weighted by Gasteiger charge is -2.26. The van der Waals surface area contributed by atoms with Crippen molar-refractivity contribution in [2.24, 2.45) is 5.92 Å². The molecule has 1 aromatic rings. The molecule has 0 N–H and O–H groups in total. The molecule has 1 atom stereocenters. The first-order chi connectivity index (χ1) is 9.70. The van der Waals surface area contributed by atoms with Crippen LogP contribution in [-0.4, -0.2) is 37.6 Å². The molecule has 1 unspecified atom stereocenters. The van der Waals surface area contributed by atoms with Gasteiger partial charge in [0.2, 0.25) is 0 Å². The molecule has 0 saturated carbocycles. The van der Waals surface area contributed by atoms with Crippen LogP contribution in [0.1, 0.15) is 37.7 Å². The standard InChI is InChI=1S/C17H26N2O.ClH/c1-19(2)13-14-8-6-4-5-7-9-17(14)15-10-16(20-3)12-18-11-15;/h9-12,14H,4-8,13H2,1-3H3;1H/b17-9+;. The van der Waals surface area contributed by atoms with Crippen molar-refractivity contribution in [1.29, 1.82) is 0 Å². The molecule has 0 fully saturated rings. The van der Waals surface area contributed by atoms with E-state index in [-0.39, 0.29) is 12.4 Å². The summed E-state index contributed by atoms with van der Waals surface area (Å²) in [4.78, 5) is 6.60. The minimum Gasteiger partial charge on any atom is -0.495 e. The van der Waals surface area contributed by atoms with Crippen LogP contribution in [-0.2, 0) is 0 Å². The molecule has 0 aliphatic heterocycles. The Morgan fingerprint density at radius 1 is 1.24 bits per heavy atom. The largest absolute Gasteiger partial charge is 0.495 e. The molecule has 1 aliphatic rings. The highest BCUT2D eigenvalue weighted by Gasteiger charge is 2.19. The average molecular weight is 311 g/mol. The van der Waals surface area contributed by atoms with Crippen LogP contribution in [0.3, 0.4) is 0 Å². The maximum absolute atomic E-state index is 5.32. The number of pyridine rings is 1. The Balaban J connectivity index is 0.00000220. The number of ether oxygens (including phenoxy) is 1. The van der Waals surface area contributed by atoms with Crippen LogP contribution >= 0.6 is 12.4 Å². The smallest absolute Gasteiger partial charge is 0.137 e. The first kappa shape index (κ1) is 18.0. The van der Waals surface area contributed by atoms with E-state index < -0.39 is 0 Å². The SMILES string of the molecule is COc1cncc(/C2=C/CCCCCC2CN(C)C)c1.Cl. The van der Waals surface area contributed by atoms with E-state index in [0.29, 0.717) is 5.92 Å². The molecule has 0 radical (unpaired) electrons. The molecule has 4 heteroatoms. The Hall–Kier alpha value is -1.06. The average Bonchev–Trinajstić information content (AvgIpc) is 2.42. The van der Waals surface area contributed by atoms with E-state index in [1.807, 2.05) is 6.20 Å². The lowest BCUT2D eigenvalue weighted by Crippen LogP contribution is -2.23. The highest BCUT2D eigenvalue weighted by Crippen LogP contribution is 2.32. The number of methoxy groups -OCH3 is 1. The van der Waals surface area contributed by atoms with Gasteiger partial charge >= 0.3 is 0 Å². The van der Waals surface area contributed by atoms with Crippen LogP contribution in [0.4, 0.5) is 0 Å². The number of rotatable bonds is 4. The Kier molecular flexibility index (Phi) is 7.76.